The van der Waals surface area contributed by atoms with Gasteiger partial charge in [0.1, 0.15) is 5.54 Å². The summed E-state index contributed by atoms with van der Waals surface area (Å²) < 4.78 is 1.67. The van der Waals surface area contributed by atoms with E-state index >= 15 is 0 Å². The molecule has 1 atom stereocenters. The van der Waals surface area contributed by atoms with Crippen LogP contribution in [-0.2, 0) is 9.59 Å². The molecule has 0 radical (unpaired) electrons. The van der Waals surface area contributed by atoms with Gasteiger partial charge in [0.2, 0.25) is 0 Å². The summed E-state index contributed by atoms with van der Waals surface area (Å²) in [5, 5.41) is 10.5. The number of rotatable bonds is 6. The monoisotopic (exact) mass is 356 g/mol. The highest BCUT2D eigenvalue weighted by Crippen LogP contribution is 2.20. The number of aromatic nitrogens is 2. The van der Waals surface area contributed by atoms with Gasteiger partial charge in [0.25, 0.3) is 11.8 Å². The van der Waals surface area contributed by atoms with Crippen molar-refractivity contribution in [3.8, 4) is 5.69 Å². The van der Waals surface area contributed by atoms with Gasteiger partial charge in [-0.2, -0.15) is 10.1 Å². The Bertz CT molecular complexity index is 835. The fourth-order valence-electron chi connectivity index (χ4n) is 2.60. The van der Waals surface area contributed by atoms with Gasteiger partial charge in [-0.25, -0.2) is 9.48 Å². The number of nitrogens with one attached hydrogen (secondary N) is 3. The van der Waals surface area contributed by atoms with Crippen molar-refractivity contribution >= 4 is 23.5 Å². The number of hydrogen-bond donors (Lipinski definition) is 3. The van der Waals surface area contributed by atoms with Crippen LogP contribution >= 0.6 is 0 Å². The van der Waals surface area contributed by atoms with Crippen LogP contribution in [0.25, 0.3) is 5.69 Å². The zero-order valence-electron chi connectivity index (χ0n) is 14.5. The van der Waals surface area contributed by atoms with Gasteiger partial charge in [0.05, 0.1) is 17.9 Å². The lowest BCUT2D eigenvalue weighted by molar-refractivity contribution is -0.138. The molecule has 1 aliphatic rings. The third kappa shape index (κ3) is 3.23. The van der Waals surface area contributed by atoms with Crippen LogP contribution in [0.2, 0.25) is 0 Å². The summed E-state index contributed by atoms with van der Waals surface area (Å²) >= 11 is 0. The molecule has 1 fully saturated rings. The van der Waals surface area contributed by atoms with Crippen molar-refractivity contribution in [3.63, 3.8) is 0 Å². The number of carbonyl (C=O) groups excluding carboxylic acids is 3. The van der Waals surface area contributed by atoms with Crippen molar-refractivity contribution in [2.45, 2.75) is 25.8 Å². The second kappa shape index (κ2) is 6.87. The SMILES string of the molecule is CCC1(C)NC(=O)N(NC(=O)CNc2ccccc2-n2cccn2)C1=O. The molecular weight excluding hydrogens is 336 g/mol. The van der Waals surface area contributed by atoms with Crippen molar-refractivity contribution in [3.05, 3.63) is 42.7 Å². The zero-order chi connectivity index (χ0) is 18.7. The number of benzene rings is 1. The topological polar surface area (TPSA) is 108 Å². The zero-order valence-corrected chi connectivity index (χ0v) is 14.5. The molecule has 1 saturated heterocycles. The van der Waals surface area contributed by atoms with Crippen LogP contribution < -0.4 is 16.1 Å². The maximum absolute atomic E-state index is 12.3. The molecule has 1 aromatic carbocycles. The fraction of sp³-hybridized carbons (Fsp3) is 0.294. The first-order valence-electron chi connectivity index (χ1n) is 8.23. The maximum atomic E-state index is 12.3. The van der Waals surface area contributed by atoms with Gasteiger partial charge in [-0.3, -0.25) is 15.0 Å². The number of amides is 4. The van der Waals surface area contributed by atoms with E-state index in [1.54, 1.807) is 37.0 Å². The highest BCUT2D eigenvalue weighted by Gasteiger charge is 2.47. The molecule has 3 rings (SSSR count). The van der Waals surface area contributed by atoms with E-state index < -0.39 is 23.4 Å². The maximum Gasteiger partial charge on any atom is 0.344 e. The number of hydrogen-bond acceptors (Lipinski definition) is 5. The molecule has 0 bridgehead atoms. The van der Waals surface area contributed by atoms with Crippen LogP contribution in [-0.4, -0.2) is 44.7 Å². The van der Waals surface area contributed by atoms with Gasteiger partial charge < -0.3 is 10.6 Å². The van der Waals surface area contributed by atoms with Crippen molar-refractivity contribution in [1.82, 2.24) is 25.5 Å². The molecule has 1 aliphatic heterocycles. The normalized spacial score (nSPS) is 19.4. The quantitative estimate of drug-likeness (QED) is 0.670. The summed E-state index contributed by atoms with van der Waals surface area (Å²) in [6.07, 6.45) is 3.88. The van der Waals surface area contributed by atoms with E-state index in [4.69, 9.17) is 0 Å². The van der Waals surface area contributed by atoms with Crippen LogP contribution in [0.5, 0.6) is 0 Å². The predicted molar refractivity (Wildman–Crippen MR) is 94.3 cm³/mol. The van der Waals surface area contributed by atoms with E-state index in [1.165, 1.54) is 0 Å². The Kier molecular flexibility index (Phi) is 4.61. The summed E-state index contributed by atoms with van der Waals surface area (Å²) in [7, 11) is 0. The first-order valence-corrected chi connectivity index (χ1v) is 8.23. The average Bonchev–Trinajstić information content (AvgIpc) is 3.24. The molecule has 0 saturated carbocycles. The summed E-state index contributed by atoms with van der Waals surface area (Å²) in [6.45, 7) is 3.30. The molecule has 4 amide bonds. The number of para-hydroxylation sites is 2. The van der Waals surface area contributed by atoms with Gasteiger partial charge in [0, 0.05) is 12.4 Å². The summed E-state index contributed by atoms with van der Waals surface area (Å²) in [6, 6.07) is 8.53. The van der Waals surface area contributed by atoms with Crippen molar-refractivity contribution < 1.29 is 14.4 Å². The number of urea groups is 1. The van der Waals surface area contributed by atoms with E-state index in [0.29, 0.717) is 12.1 Å². The second-order valence-electron chi connectivity index (χ2n) is 6.11. The fourth-order valence-corrected chi connectivity index (χ4v) is 2.60. The average molecular weight is 356 g/mol. The Morgan fingerprint density at radius 3 is 2.69 bits per heavy atom. The highest BCUT2D eigenvalue weighted by atomic mass is 16.2. The Hall–Kier alpha value is -3.36. The molecule has 9 nitrogen and oxygen atoms in total. The summed E-state index contributed by atoms with van der Waals surface area (Å²) in [5.74, 6) is -0.987. The highest BCUT2D eigenvalue weighted by molar-refractivity contribution is 6.07. The summed E-state index contributed by atoms with van der Waals surface area (Å²) in [5.41, 5.74) is 2.82. The minimum absolute atomic E-state index is 0.113. The van der Waals surface area contributed by atoms with Crippen LogP contribution in [0.15, 0.2) is 42.7 Å². The standard InChI is InChI=1S/C17H20N6O3/c1-3-17(2)15(25)23(16(26)20-17)21-14(24)11-18-12-7-4-5-8-13(12)22-10-6-9-19-22/h4-10,18H,3,11H2,1-2H3,(H,20,26)(H,21,24). The van der Waals surface area contributed by atoms with E-state index in [9.17, 15) is 14.4 Å². The first-order chi connectivity index (χ1) is 12.4. The van der Waals surface area contributed by atoms with Crippen molar-refractivity contribution in [1.29, 1.82) is 0 Å². The molecule has 1 aromatic heterocycles. The lowest BCUT2D eigenvalue weighted by atomic mass is 10.00. The van der Waals surface area contributed by atoms with Gasteiger partial charge in [0.15, 0.2) is 0 Å². The third-order valence-corrected chi connectivity index (χ3v) is 4.30. The van der Waals surface area contributed by atoms with Crippen LogP contribution in [0.4, 0.5) is 10.5 Å². The molecule has 9 heteroatoms. The number of anilines is 1. The van der Waals surface area contributed by atoms with Crippen LogP contribution in [0.1, 0.15) is 20.3 Å². The lowest BCUT2D eigenvalue weighted by Crippen LogP contribution is -2.50. The van der Waals surface area contributed by atoms with E-state index in [1.807, 2.05) is 24.3 Å². The Labute approximate surface area is 150 Å². The summed E-state index contributed by atoms with van der Waals surface area (Å²) in [4.78, 5) is 36.4. The van der Waals surface area contributed by atoms with E-state index in [-0.39, 0.29) is 6.54 Å². The Morgan fingerprint density at radius 2 is 2.04 bits per heavy atom. The molecule has 26 heavy (non-hydrogen) atoms. The minimum Gasteiger partial charge on any atom is -0.374 e. The number of hydrazine groups is 1. The van der Waals surface area contributed by atoms with Gasteiger partial charge in [-0.15, -0.1) is 0 Å². The smallest absolute Gasteiger partial charge is 0.344 e. The van der Waals surface area contributed by atoms with Gasteiger partial charge in [-0.1, -0.05) is 19.1 Å². The molecule has 2 heterocycles. The van der Waals surface area contributed by atoms with Crippen LogP contribution in [0, 0.1) is 0 Å². The van der Waals surface area contributed by atoms with Gasteiger partial charge >= 0.3 is 6.03 Å². The number of imide groups is 1. The van der Waals surface area contributed by atoms with Crippen LogP contribution in [0.3, 0.4) is 0 Å². The molecule has 1 unspecified atom stereocenters. The number of nitrogens with zero attached hydrogens (tertiary/aromatic N) is 3. The molecule has 136 valence electrons. The van der Waals surface area contributed by atoms with Crippen molar-refractivity contribution in [2.75, 3.05) is 11.9 Å². The lowest BCUT2D eigenvalue weighted by Gasteiger charge is -2.19. The Balaban J connectivity index is 1.64. The second-order valence-corrected chi connectivity index (χ2v) is 6.11. The Morgan fingerprint density at radius 1 is 1.27 bits per heavy atom. The molecule has 0 aliphatic carbocycles. The molecule has 0 spiro atoms. The van der Waals surface area contributed by atoms with E-state index in [2.05, 4.69) is 21.2 Å². The largest absolute Gasteiger partial charge is 0.374 e. The predicted octanol–water partition coefficient (Wildman–Crippen LogP) is 1.04. The van der Waals surface area contributed by atoms with E-state index in [0.717, 1.165) is 10.7 Å². The third-order valence-electron chi connectivity index (χ3n) is 4.30. The number of carbonyl (C=O) groups is 3. The molecule has 2 aromatic rings. The molecule has 3 N–H and O–H groups in total. The minimum atomic E-state index is -0.996. The van der Waals surface area contributed by atoms with Gasteiger partial charge in [-0.05, 0) is 31.5 Å². The first kappa shape index (κ1) is 17.5. The molecular formula is C17H20N6O3. The van der Waals surface area contributed by atoms with Crippen molar-refractivity contribution in [2.24, 2.45) is 0 Å².